The van der Waals surface area contributed by atoms with Crippen LogP contribution in [-0.4, -0.2) is 131 Å². The van der Waals surface area contributed by atoms with E-state index in [0.29, 0.717) is 67.6 Å². The van der Waals surface area contributed by atoms with Gasteiger partial charge in [-0.3, -0.25) is 35.1 Å². The number of nitrogens with one attached hydrogen (secondary N) is 6. The van der Waals surface area contributed by atoms with Gasteiger partial charge in [0.25, 0.3) is 5.97 Å². The highest BCUT2D eigenvalue weighted by Gasteiger charge is 2.40. The molecule has 9 aromatic rings. The Balaban J connectivity index is 0.000000188. The molecule has 6 aromatic carbocycles. The maximum absolute atomic E-state index is 13.1. The summed E-state index contributed by atoms with van der Waals surface area (Å²) in [6, 6.07) is 36.8. The first kappa shape index (κ1) is 81.5. The van der Waals surface area contributed by atoms with E-state index in [2.05, 4.69) is 31.9 Å². The van der Waals surface area contributed by atoms with Crippen molar-refractivity contribution in [1.82, 2.24) is 61.2 Å². The van der Waals surface area contributed by atoms with Gasteiger partial charge in [-0.1, -0.05) is 54.6 Å². The Kier molecular flexibility index (Phi) is 26.1. The van der Waals surface area contributed by atoms with Crippen molar-refractivity contribution in [1.29, 1.82) is 0 Å². The first-order valence-electron chi connectivity index (χ1n) is 34.4. The molecule has 7 N–H and O–H groups in total. The number of para-hydroxylation sites is 3. The second-order valence-corrected chi connectivity index (χ2v) is 25.7. The molecule has 3 aliphatic rings. The third-order valence-corrected chi connectivity index (χ3v) is 16.7. The van der Waals surface area contributed by atoms with E-state index < -0.39 is 74.9 Å². The molecule has 35 nitrogen and oxygen atoms in total. The van der Waals surface area contributed by atoms with Crippen LogP contribution in [0.4, 0.5) is 31.4 Å². The summed E-state index contributed by atoms with van der Waals surface area (Å²) < 4.78 is 36.5. The van der Waals surface area contributed by atoms with E-state index in [4.69, 9.17) is 53.6 Å². The second kappa shape index (κ2) is 35.9. The van der Waals surface area contributed by atoms with Gasteiger partial charge >= 0.3 is 53.1 Å². The Morgan fingerprint density at radius 3 is 0.857 bits per heavy atom. The zero-order valence-corrected chi connectivity index (χ0v) is 62.8. The Morgan fingerprint density at radius 1 is 0.420 bits per heavy atom. The van der Waals surface area contributed by atoms with Crippen molar-refractivity contribution in [2.75, 3.05) is 21.3 Å². The second-order valence-electron chi connectivity index (χ2n) is 25.7. The molecule has 0 spiro atoms. The molecular formula is C77H79N15O20. The number of benzene rings is 6. The van der Waals surface area contributed by atoms with Crippen molar-refractivity contribution >= 4 is 59.0 Å². The van der Waals surface area contributed by atoms with E-state index in [-0.39, 0.29) is 69.3 Å². The van der Waals surface area contributed by atoms with E-state index in [1.54, 1.807) is 113 Å². The van der Waals surface area contributed by atoms with Gasteiger partial charge in [0.15, 0.2) is 17.2 Å². The molecule has 0 saturated heterocycles. The summed E-state index contributed by atoms with van der Waals surface area (Å²) in [5.41, 5.74) is 6.75. The zero-order valence-electron chi connectivity index (χ0n) is 62.8. The Bertz CT molecular complexity index is 4700. The predicted molar refractivity (Wildman–Crippen MR) is 405 cm³/mol. The normalized spacial score (nSPS) is 15.0. The molecule has 0 radical (unpaired) electrons. The highest BCUT2D eigenvalue weighted by atomic mass is 16.6. The molecule has 6 amide bonds. The zero-order chi connectivity index (χ0) is 81.5. The molecule has 3 aliphatic heterocycles. The van der Waals surface area contributed by atoms with Crippen LogP contribution in [0.2, 0.25) is 0 Å². The number of esters is 3. The van der Waals surface area contributed by atoms with Crippen LogP contribution in [0.15, 0.2) is 198 Å². The van der Waals surface area contributed by atoms with Crippen molar-refractivity contribution in [3.8, 4) is 68.1 Å². The van der Waals surface area contributed by atoms with Crippen molar-refractivity contribution in [3.63, 3.8) is 0 Å². The van der Waals surface area contributed by atoms with Gasteiger partial charge in [-0.15, -0.1) is 0 Å². The topological polar surface area (TPSA) is 450 Å². The smallest absolute Gasteiger partial charge is 0.338 e. The lowest BCUT2D eigenvalue weighted by Crippen LogP contribution is -2.45. The summed E-state index contributed by atoms with van der Waals surface area (Å²) in [5, 5.41) is 72.7. The SMILES string of the molecule is CC(=O)O.COc1ccc(-c2nn(-c3ccccc3)cc2C2NC(=O)NC(C)=C2C(=O)OC(C)C)cc1[N+](=O)[O-].COc1ccc(-c2nn(-c3ccccc3)cc2C2NC(=O)NC(C)=C2C(=O)OC(C)C)cc1[N+](=O)[O-].COc1ccc(-c2nn(-c3ccccc3)cc2C2NC(=O)NC(C)=C2C(=O)OC(C)C)cc1[N+](=O)[O-]. The van der Waals surface area contributed by atoms with Gasteiger partial charge in [0, 0.05) is 94.2 Å². The molecule has 3 unspecified atom stereocenters. The van der Waals surface area contributed by atoms with Gasteiger partial charge in [-0.2, -0.15) is 15.3 Å². The van der Waals surface area contributed by atoms with Gasteiger partial charge in [-0.25, -0.2) is 42.8 Å². The molecule has 12 rings (SSSR count). The first-order valence-corrected chi connectivity index (χ1v) is 34.4. The summed E-state index contributed by atoms with van der Waals surface area (Å²) in [5.74, 6) is -2.34. The minimum Gasteiger partial charge on any atom is -0.490 e. The molecule has 0 bridgehead atoms. The molecule has 0 aliphatic carbocycles. The van der Waals surface area contributed by atoms with E-state index in [1.165, 1.54) is 57.7 Å². The number of aromatic nitrogens is 6. The van der Waals surface area contributed by atoms with Crippen LogP contribution in [0, 0.1) is 30.3 Å². The third kappa shape index (κ3) is 19.2. The number of hydrogen-bond donors (Lipinski definition) is 7. The number of carbonyl (C=O) groups excluding carboxylic acids is 6. The van der Waals surface area contributed by atoms with Gasteiger partial charge < -0.3 is 65.4 Å². The lowest BCUT2D eigenvalue weighted by molar-refractivity contribution is -0.385. The number of ether oxygens (including phenoxy) is 6. The van der Waals surface area contributed by atoms with E-state index in [1.807, 2.05) is 91.0 Å². The number of methoxy groups -OCH3 is 3. The van der Waals surface area contributed by atoms with Crippen LogP contribution in [0.3, 0.4) is 0 Å². The van der Waals surface area contributed by atoms with E-state index in [0.717, 1.165) is 24.0 Å². The summed E-state index contributed by atoms with van der Waals surface area (Å²) in [4.78, 5) is 119. The first-order chi connectivity index (χ1) is 53.3. The van der Waals surface area contributed by atoms with Crippen LogP contribution in [0.5, 0.6) is 17.2 Å². The average molecular weight is 1530 g/mol. The minimum absolute atomic E-state index is 0.0971. The Labute approximate surface area is 639 Å². The number of rotatable bonds is 21. The Morgan fingerprint density at radius 2 is 0.652 bits per heavy atom. The monoisotopic (exact) mass is 1530 g/mol. The standard InChI is InChI=1S/3C25H25N5O6.C2H4O2/c3*1-14(2)36-24(31)21-15(3)26-25(32)27-23(21)18-13-29(17-8-6-5-7-9-17)28-22(18)16-10-11-20(35-4)19(12-16)30(33)34;1-2(3)4/h3*5-14,23H,1-4H3,(H2,26,27,32);1H3,(H,3,4). The molecule has 112 heavy (non-hydrogen) atoms. The fraction of sp³-hybridized carbons (Fsp3) is 0.247. The number of carbonyl (C=O) groups is 7. The third-order valence-electron chi connectivity index (χ3n) is 16.7. The van der Waals surface area contributed by atoms with Crippen molar-refractivity contribution in [3.05, 3.63) is 245 Å². The fourth-order valence-corrected chi connectivity index (χ4v) is 12.0. The number of urea groups is 3. The van der Waals surface area contributed by atoms with Gasteiger partial charge in [0.05, 0.1) is 123 Å². The van der Waals surface area contributed by atoms with E-state index in [9.17, 15) is 59.1 Å². The number of nitro groups is 3. The maximum atomic E-state index is 13.1. The van der Waals surface area contributed by atoms with Gasteiger partial charge in [-0.05, 0) is 135 Å². The number of aliphatic carboxylic acids is 1. The highest BCUT2D eigenvalue weighted by molar-refractivity contribution is 5.98. The summed E-state index contributed by atoms with van der Waals surface area (Å²) in [7, 11) is 4.05. The molecule has 0 saturated carbocycles. The summed E-state index contributed by atoms with van der Waals surface area (Å²) >= 11 is 0. The van der Waals surface area contributed by atoms with E-state index >= 15 is 0 Å². The largest absolute Gasteiger partial charge is 0.490 e. The van der Waals surface area contributed by atoms with Crippen molar-refractivity contribution < 1.29 is 81.9 Å². The summed E-state index contributed by atoms with van der Waals surface area (Å²) in [6.45, 7) is 16.3. The molecule has 35 heteroatoms. The van der Waals surface area contributed by atoms with Crippen LogP contribution in [-0.2, 0) is 33.4 Å². The maximum Gasteiger partial charge on any atom is 0.338 e. The van der Waals surface area contributed by atoms with Crippen LogP contribution in [0.1, 0.15) is 104 Å². The van der Waals surface area contributed by atoms with Crippen LogP contribution < -0.4 is 46.1 Å². The van der Waals surface area contributed by atoms with Crippen molar-refractivity contribution in [2.24, 2.45) is 0 Å². The number of allylic oxidation sites excluding steroid dienone is 3. The lowest BCUT2D eigenvalue weighted by atomic mass is 9.93. The number of carboxylic acid groups (broad SMARTS) is 1. The van der Waals surface area contributed by atoms with Crippen molar-refractivity contribution in [2.45, 2.75) is 106 Å². The summed E-state index contributed by atoms with van der Waals surface area (Å²) in [6.07, 6.45) is 3.91. The molecule has 3 atom stereocenters. The molecule has 3 aromatic heterocycles. The quantitative estimate of drug-likeness (QED) is 0.0152. The van der Waals surface area contributed by atoms with Gasteiger partial charge in [0.1, 0.15) is 0 Å². The number of amides is 6. The molecule has 0 fully saturated rings. The minimum atomic E-state index is -0.918. The highest BCUT2D eigenvalue weighted by Crippen LogP contribution is 2.43. The predicted octanol–water partition coefficient (Wildman–Crippen LogP) is 12.2. The fourth-order valence-electron chi connectivity index (χ4n) is 12.0. The molecule has 6 heterocycles. The van der Waals surface area contributed by atoms with Gasteiger partial charge in [0.2, 0.25) is 0 Å². The van der Waals surface area contributed by atoms with Crippen LogP contribution >= 0.6 is 0 Å². The molecular weight excluding hydrogens is 1450 g/mol. The molecule has 582 valence electrons. The Hall–Kier alpha value is -14.5. The number of nitro benzene ring substituents is 3. The number of carboxylic acids is 1. The van der Waals surface area contributed by atoms with Crippen LogP contribution in [0.25, 0.3) is 50.8 Å². The average Bonchev–Trinajstić information content (AvgIpc) is 1.64. The number of hydrogen-bond acceptors (Lipinski definition) is 22. The number of nitrogens with zero attached hydrogens (tertiary/aromatic N) is 9. The lowest BCUT2D eigenvalue weighted by Gasteiger charge is -2.28.